The second-order valence-corrected chi connectivity index (χ2v) is 6.63. The van der Waals surface area contributed by atoms with Crippen LogP contribution in [-0.2, 0) is 11.3 Å². The van der Waals surface area contributed by atoms with Crippen LogP contribution in [-0.4, -0.2) is 40.5 Å². The summed E-state index contributed by atoms with van der Waals surface area (Å²) in [5.74, 6) is -0.00779. The predicted octanol–water partition coefficient (Wildman–Crippen LogP) is 1.65. The molecule has 0 saturated heterocycles. The van der Waals surface area contributed by atoms with Crippen LogP contribution < -0.4 is 11.3 Å². The first kappa shape index (κ1) is 20.1. The van der Waals surface area contributed by atoms with Gasteiger partial charge in [-0.2, -0.15) is 0 Å². The predicted molar refractivity (Wildman–Crippen MR) is 98.3 cm³/mol. The van der Waals surface area contributed by atoms with Crippen molar-refractivity contribution < 1.29 is 4.79 Å². The molecule has 0 aliphatic heterocycles. The molecule has 0 aliphatic carbocycles. The zero-order chi connectivity index (χ0) is 17.0. The third-order valence-corrected chi connectivity index (χ3v) is 3.94. The van der Waals surface area contributed by atoms with Crippen molar-refractivity contribution in [3.63, 3.8) is 0 Å². The fourth-order valence-corrected chi connectivity index (χ4v) is 2.47. The van der Waals surface area contributed by atoms with Crippen molar-refractivity contribution in [1.82, 2.24) is 14.5 Å². The topological polar surface area (TPSA) is 81.2 Å². The molecule has 0 atom stereocenters. The largest absolute Gasteiger partial charge is 0.345 e. The Kier molecular flexibility index (Phi) is 6.93. The Balaban J connectivity index is 0.00000288. The smallest absolute Gasteiger partial charge is 0.261 e. The number of amides is 1. The van der Waals surface area contributed by atoms with E-state index in [0.717, 1.165) is 0 Å². The van der Waals surface area contributed by atoms with Crippen LogP contribution in [0.2, 0.25) is 0 Å². The van der Waals surface area contributed by atoms with Crippen LogP contribution in [0.4, 0.5) is 0 Å². The molecule has 2 aromatic rings. The summed E-state index contributed by atoms with van der Waals surface area (Å²) in [6.07, 6.45) is 1.76. The lowest BCUT2D eigenvalue weighted by Crippen LogP contribution is -2.40. The third-order valence-electron chi connectivity index (χ3n) is 3.94. The van der Waals surface area contributed by atoms with Crippen LogP contribution in [0.1, 0.15) is 20.3 Å². The van der Waals surface area contributed by atoms with Gasteiger partial charge in [0.15, 0.2) is 0 Å². The van der Waals surface area contributed by atoms with E-state index in [9.17, 15) is 9.59 Å². The molecule has 0 radical (unpaired) electrons. The fraction of sp³-hybridized carbons (Fsp3) is 0.471. The Labute approximate surface area is 148 Å². The summed E-state index contributed by atoms with van der Waals surface area (Å²) in [5.41, 5.74) is 6.13. The van der Waals surface area contributed by atoms with E-state index in [-0.39, 0.29) is 35.7 Å². The average molecular weight is 353 g/mol. The van der Waals surface area contributed by atoms with E-state index in [4.69, 9.17) is 5.73 Å². The highest BCUT2D eigenvalue weighted by atomic mass is 35.5. The molecular weight excluding hydrogens is 328 g/mol. The van der Waals surface area contributed by atoms with Gasteiger partial charge in [0.2, 0.25) is 5.91 Å². The van der Waals surface area contributed by atoms with Gasteiger partial charge >= 0.3 is 0 Å². The van der Waals surface area contributed by atoms with Crippen molar-refractivity contribution >= 4 is 29.2 Å². The minimum absolute atomic E-state index is 0. The minimum Gasteiger partial charge on any atom is -0.345 e. The van der Waals surface area contributed by atoms with Crippen molar-refractivity contribution in [2.75, 3.05) is 20.1 Å². The van der Waals surface area contributed by atoms with Gasteiger partial charge in [0.05, 0.1) is 17.2 Å². The summed E-state index contributed by atoms with van der Waals surface area (Å²) < 4.78 is 1.49. The molecule has 2 rings (SSSR count). The Morgan fingerprint density at radius 2 is 2.00 bits per heavy atom. The lowest BCUT2D eigenvalue weighted by molar-refractivity contribution is -0.131. The van der Waals surface area contributed by atoms with Gasteiger partial charge in [-0.3, -0.25) is 14.2 Å². The highest BCUT2D eigenvalue weighted by Gasteiger charge is 2.21. The molecule has 132 valence electrons. The van der Waals surface area contributed by atoms with E-state index in [0.29, 0.717) is 30.5 Å². The van der Waals surface area contributed by atoms with Crippen LogP contribution in [0.25, 0.3) is 10.9 Å². The maximum Gasteiger partial charge on any atom is 0.261 e. The Morgan fingerprint density at radius 3 is 2.67 bits per heavy atom. The minimum atomic E-state index is -0.119. The van der Waals surface area contributed by atoms with Crippen molar-refractivity contribution in [3.05, 3.63) is 40.9 Å². The van der Waals surface area contributed by atoms with Crippen LogP contribution in [0.15, 0.2) is 35.4 Å². The van der Waals surface area contributed by atoms with Crippen LogP contribution in [0, 0.1) is 5.41 Å². The van der Waals surface area contributed by atoms with E-state index in [1.165, 1.54) is 10.9 Å². The second kappa shape index (κ2) is 8.26. The number of fused-ring (bicyclic) bond motifs is 1. The molecule has 7 heteroatoms. The number of carbonyl (C=O) groups is 1. The van der Waals surface area contributed by atoms with Gasteiger partial charge in [0, 0.05) is 26.6 Å². The standard InChI is InChI=1S/C17H24N4O2.ClH/c1-17(2,10-18)11-20(3)15(22)8-9-21-12-19-14-7-5-4-6-13(14)16(21)23;/h4-7,12H,8-11,18H2,1-3H3;1H. The molecule has 0 saturated carbocycles. The molecule has 2 N–H and O–H groups in total. The van der Waals surface area contributed by atoms with E-state index in [1.807, 2.05) is 26.0 Å². The average Bonchev–Trinajstić information content (AvgIpc) is 2.53. The maximum absolute atomic E-state index is 12.4. The number of hydrogen-bond acceptors (Lipinski definition) is 4. The zero-order valence-corrected chi connectivity index (χ0v) is 15.2. The summed E-state index contributed by atoms with van der Waals surface area (Å²) in [6.45, 7) is 5.47. The Bertz CT molecular complexity index is 758. The quantitative estimate of drug-likeness (QED) is 0.857. The summed E-state index contributed by atoms with van der Waals surface area (Å²) >= 11 is 0. The molecule has 0 bridgehead atoms. The lowest BCUT2D eigenvalue weighted by atomic mass is 9.93. The van der Waals surface area contributed by atoms with Gasteiger partial charge in [-0.25, -0.2) is 4.98 Å². The normalized spacial score (nSPS) is 11.2. The number of nitrogens with zero attached hydrogens (tertiary/aromatic N) is 3. The van der Waals surface area contributed by atoms with Gasteiger partial charge in [0.25, 0.3) is 5.56 Å². The number of para-hydroxylation sites is 1. The van der Waals surface area contributed by atoms with Gasteiger partial charge in [-0.15, -0.1) is 12.4 Å². The van der Waals surface area contributed by atoms with Gasteiger partial charge in [-0.05, 0) is 24.1 Å². The lowest BCUT2D eigenvalue weighted by Gasteiger charge is -2.29. The van der Waals surface area contributed by atoms with E-state index < -0.39 is 0 Å². The Hall–Kier alpha value is -1.92. The number of aryl methyl sites for hydroxylation is 1. The third kappa shape index (κ3) is 4.79. The SMILES string of the molecule is CN(CC(C)(C)CN)C(=O)CCn1cnc2ccccc2c1=O.Cl. The maximum atomic E-state index is 12.4. The first-order valence-electron chi connectivity index (χ1n) is 7.72. The summed E-state index contributed by atoms with van der Waals surface area (Å²) in [4.78, 5) is 30.5. The molecule has 0 unspecified atom stereocenters. The number of rotatable bonds is 6. The van der Waals surface area contributed by atoms with E-state index in [1.54, 1.807) is 24.1 Å². The van der Waals surface area contributed by atoms with Gasteiger partial charge < -0.3 is 10.6 Å². The van der Waals surface area contributed by atoms with Crippen LogP contribution in [0.5, 0.6) is 0 Å². The number of hydrogen-bond donors (Lipinski definition) is 1. The molecule has 1 amide bonds. The highest BCUT2D eigenvalue weighted by molar-refractivity contribution is 5.85. The van der Waals surface area contributed by atoms with Crippen molar-refractivity contribution in [3.8, 4) is 0 Å². The molecule has 0 spiro atoms. The molecule has 0 fully saturated rings. The van der Waals surface area contributed by atoms with Gasteiger partial charge in [-0.1, -0.05) is 26.0 Å². The summed E-state index contributed by atoms with van der Waals surface area (Å²) in [6, 6.07) is 7.20. The first-order chi connectivity index (χ1) is 10.8. The first-order valence-corrected chi connectivity index (χ1v) is 7.72. The fourth-order valence-electron chi connectivity index (χ4n) is 2.47. The number of carbonyl (C=O) groups excluding carboxylic acids is 1. The molecule has 24 heavy (non-hydrogen) atoms. The summed E-state index contributed by atoms with van der Waals surface area (Å²) in [7, 11) is 1.77. The molecule has 1 heterocycles. The molecule has 0 aliphatic rings. The highest BCUT2D eigenvalue weighted by Crippen LogP contribution is 2.14. The van der Waals surface area contributed by atoms with Crippen molar-refractivity contribution in [2.24, 2.45) is 11.1 Å². The second-order valence-electron chi connectivity index (χ2n) is 6.63. The zero-order valence-electron chi connectivity index (χ0n) is 14.4. The molecule has 6 nitrogen and oxygen atoms in total. The molecule has 1 aromatic heterocycles. The van der Waals surface area contributed by atoms with E-state index >= 15 is 0 Å². The summed E-state index contributed by atoms with van der Waals surface area (Å²) in [5, 5.41) is 0.570. The number of benzene rings is 1. The molecule has 1 aromatic carbocycles. The van der Waals surface area contributed by atoms with Crippen LogP contribution >= 0.6 is 12.4 Å². The van der Waals surface area contributed by atoms with E-state index in [2.05, 4.69) is 4.98 Å². The number of aromatic nitrogens is 2. The van der Waals surface area contributed by atoms with Crippen molar-refractivity contribution in [2.45, 2.75) is 26.8 Å². The number of nitrogens with two attached hydrogens (primary N) is 1. The monoisotopic (exact) mass is 352 g/mol. The van der Waals surface area contributed by atoms with Gasteiger partial charge in [0.1, 0.15) is 0 Å². The van der Waals surface area contributed by atoms with Crippen LogP contribution in [0.3, 0.4) is 0 Å². The van der Waals surface area contributed by atoms with Crippen molar-refractivity contribution in [1.29, 1.82) is 0 Å². The molecular formula is C17H25ClN4O2. The Morgan fingerprint density at radius 1 is 1.33 bits per heavy atom. The number of halogens is 1.